The molecule has 1 aliphatic carbocycles. The van der Waals surface area contributed by atoms with Gasteiger partial charge in [-0.05, 0) is 62.4 Å². The van der Waals surface area contributed by atoms with E-state index in [0.717, 1.165) is 28.3 Å². The second-order valence-corrected chi connectivity index (χ2v) is 10.4. The van der Waals surface area contributed by atoms with Gasteiger partial charge < -0.3 is 5.32 Å². The van der Waals surface area contributed by atoms with E-state index >= 15 is 0 Å². The van der Waals surface area contributed by atoms with Gasteiger partial charge in [0.25, 0.3) is 10.0 Å². The summed E-state index contributed by atoms with van der Waals surface area (Å²) in [5, 5.41) is 3.36. The molecule has 1 fully saturated rings. The van der Waals surface area contributed by atoms with Gasteiger partial charge in [0.2, 0.25) is 5.91 Å². The molecule has 0 aliphatic heterocycles. The molecule has 30 heavy (non-hydrogen) atoms. The zero-order valence-corrected chi connectivity index (χ0v) is 19.1. The number of hydrogen-bond donors (Lipinski definition) is 1. The number of nitrogens with one attached hydrogen (secondary N) is 1. The number of rotatable bonds is 7. The third-order valence-electron chi connectivity index (χ3n) is 5.65. The van der Waals surface area contributed by atoms with Crippen molar-refractivity contribution in [2.45, 2.75) is 50.8 Å². The summed E-state index contributed by atoms with van der Waals surface area (Å²) in [6, 6.07) is 11.7. The lowest BCUT2D eigenvalue weighted by Crippen LogP contribution is -2.42. The molecule has 0 aromatic heterocycles. The van der Waals surface area contributed by atoms with Crippen LogP contribution in [-0.4, -0.2) is 27.4 Å². The Kier molecular flexibility index (Phi) is 7.42. The number of sulfonamides is 1. The van der Waals surface area contributed by atoms with Crippen LogP contribution < -0.4 is 9.62 Å². The normalized spacial score (nSPS) is 15.0. The Balaban J connectivity index is 1.86. The number of carbonyl (C=O) groups is 1. The van der Waals surface area contributed by atoms with E-state index in [2.05, 4.69) is 5.32 Å². The first-order valence-electron chi connectivity index (χ1n) is 10.4. The second-order valence-electron chi connectivity index (χ2n) is 8.06. The zero-order valence-electron chi connectivity index (χ0n) is 17.5. The molecule has 0 atom stereocenters. The van der Waals surface area contributed by atoms with Gasteiger partial charge in [0.15, 0.2) is 0 Å². The molecule has 7 heteroatoms. The van der Waals surface area contributed by atoms with Crippen LogP contribution in [0.5, 0.6) is 0 Å². The van der Waals surface area contributed by atoms with Crippen LogP contribution in [0.3, 0.4) is 0 Å². The molecule has 0 bridgehead atoms. The number of hydrogen-bond acceptors (Lipinski definition) is 3. The molecule has 2 aromatic carbocycles. The third kappa shape index (κ3) is 5.55. The van der Waals surface area contributed by atoms with Gasteiger partial charge in [0.1, 0.15) is 6.54 Å². The highest BCUT2D eigenvalue weighted by Gasteiger charge is 2.28. The fourth-order valence-corrected chi connectivity index (χ4v) is 5.47. The highest BCUT2D eigenvalue weighted by molar-refractivity contribution is 7.92. The highest BCUT2D eigenvalue weighted by atomic mass is 35.5. The van der Waals surface area contributed by atoms with Crippen LogP contribution in [0.25, 0.3) is 0 Å². The Bertz CT molecular complexity index is 984. The van der Waals surface area contributed by atoms with E-state index in [1.165, 1.54) is 19.3 Å². The van der Waals surface area contributed by atoms with E-state index < -0.39 is 10.0 Å². The molecule has 0 saturated heterocycles. The smallest absolute Gasteiger partial charge is 0.264 e. The molecule has 162 valence electrons. The van der Waals surface area contributed by atoms with Crippen molar-refractivity contribution >= 4 is 33.2 Å². The largest absolute Gasteiger partial charge is 0.354 e. The fourth-order valence-electron chi connectivity index (χ4n) is 3.82. The Morgan fingerprint density at radius 3 is 2.40 bits per heavy atom. The maximum Gasteiger partial charge on any atom is 0.264 e. The van der Waals surface area contributed by atoms with Crippen LogP contribution in [0.15, 0.2) is 47.4 Å². The molecule has 0 spiro atoms. The number of carbonyl (C=O) groups excluding carboxylic acids is 1. The predicted molar refractivity (Wildman–Crippen MR) is 121 cm³/mol. The first kappa shape index (κ1) is 22.6. The maximum atomic E-state index is 13.5. The topological polar surface area (TPSA) is 66.5 Å². The Labute approximate surface area is 184 Å². The quantitative estimate of drug-likeness (QED) is 0.658. The summed E-state index contributed by atoms with van der Waals surface area (Å²) in [6.07, 6.45) is 5.85. The minimum absolute atomic E-state index is 0.146. The Hall–Kier alpha value is -2.05. The van der Waals surface area contributed by atoms with E-state index in [1.54, 1.807) is 42.5 Å². The number of benzene rings is 2. The first-order chi connectivity index (χ1) is 14.3. The van der Waals surface area contributed by atoms with Crippen molar-refractivity contribution in [1.82, 2.24) is 5.32 Å². The standard InChI is InChI=1S/C23H29ClN2O3S/c1-17-8-12-21(13-9-17)30(28,29)26(22-14-20(24)11-10-18(22)2)16-23(27)25-15-19-6-4-3-5-7-19/h8-14,19H,3-7,15-16H2,1-2H3,(H,25,27). The van der Waals surface area contributed by atoms with Gasteiger partial charge in [-0.25, -0.2) is 8.42 Å². The summed E-state index contributed by atoms with van der Waals surface area (Å²) in [5.74, 6) is 0.161. The average molecular weight is 449 g/mol. The van der Waals surface area contributed by atoms with Gasteiger partial charge in [-0.15, -0.1) is 0 Å². The minimum atomic E-state index is -3.93. The van der Waals surface area contributed by atoms with E-state index in [0.29, 0.717) is 23.2 Å². The summed E-state index contributed by atoms with van der Waals surface area (Å²) >= 11 is 6.15. The molecular formula is C23H29ClN2O3S. The fraction of sp³-hybridized carbons (Fsp3) is 0.435. The first-order valence-corrected chi connectivity index (χ1v) is 12.2. The third-order valence-corrected chi connectivity index (χ3v) is 7.66. The van der Waals surface area contributed by atoms with Gasteiger partial charge >= 0.3 is 0 Å². The average Bonchev–Trinajstić information content (AvgIpc) is 2.73. The minimum Gasteiger partial charge on any atom is -0.354 e. The van der Waals surface area contributed by atoms with E-state index in [1.807, 2.05) is 13.8 Å². The van der Waals surface area contributed by atoms with Crippen LogP contribution in [0.4, 0.5) is 5.69 Å². The molecule has 1 N–H and O–H groups in total. The van der Waals surface area contributed by atoms with Gasteiger partial charge in [-0.1, -0.05) is 54.6 Å². The summed E-state index contributed by atoms with van der Waals surface area (Å²) in [6.45, 7) is 4.01. The molecule has 0 radical (unpaired) electrons. The van der Waals surface area contributed by atoms with Crippen molar-refractivity contribution in [1.29, 1.82) is 0 Å². The number of halogens is 1. The van der Waals surface area contributed by atoms with Crippen LogP contribution in [-0.2, 0) is 14.8 Å². The van der Waals surface area contributed by atoms with E-state index in [9.17, 15) is 13.2 Å². The molecule has 1 saturated carbocycles. The lowest BCUT2D eigenvalue weighted by Gasteiger charge is -2.27. The van der Waals surface area contributed by atoms with Gasteiger partial charge in [-0.2, -0.15) is 0 Å². The summed E-state index contributed by atoms with van der Waals surface area (Å²) in [4.78, 5) is 12.9. The number of aryl methyl sites for hydroxylation is 2. The predicted octanol–water partition coefficient (Wildman–Crippen LogP) is 4.85. The van der Waals surface area contributed by atoms with Crippen LogP contribution in [0, 0.1) is 19.8 Å². The number of nitrogens with zero attached hydrogens (tertiary/aromatic N) is 1. The highest BCUT2D eigenvalue weighted by Crippen LogP contribution is 2.29. The lowest BCUT2D eigenvalue weighted by molar-refractivity contribution is -0.119. The number of amides is 1. The summed E-state index contributed by atoms with van der Waals surface area (Å²) in [7, 11) is -3.93. The maximum absolute atomic E-state index is 13.5. The van der Waals surface area contributed by atoms with Crippen molar-refractivity contribution in [2.75, 3.05) is 17.4 Å². The van der Waals surface area contributed by atoms with Crippen LogP contribution in [0.2, 0.25) is 5.02 Å². The molecule has 1 aliphatic rings. The van der Waals surface area contributed by atoms with Crippen molar-refractivity contribution in [3.05, 3.63) is 58.6 Å². The van der Waals surface area contributed by atoms with Crippen molar-refractivity contribution < 1.29 is 13.2 Å². The zero-order chi connectivity index (χ0) is 21.7. The summed E-state index contributed by atoms with van der Waals surface area (Å²) in [5.41, 5.74) is 2.11. The van der Waals surface area contributed by atoms with E-state index in [4.69, 9.17) is 11.6 Å². The van der Waals surface area contributed by atoms with Crippen LogP contribution >= 0.6 is 11.6 Å². The lowest BCUT2D eigenvalue weighted by atomic mass is 9.89. The van der Waals surface area contributed by atoms with Crippen molar-refractivity contribution in [3.8, 4) is 0 Å². The van der Waals surface area contributed by atoms with Crippen molar-refractivity contribution in [3.63, 3.8) is 0 Å². The SMILES string of the molecule is Cc1ccc(S(=O)(=O)N(CC(=O)NCC2CCCCC2)c2cc(Cl)ccc2C)cc1. The molecule has 1 amide bonds. The monoisotopic (exact) mass is 448 g/mol. The molecule has 2 aromatic rings. The second kappa shape index (κ2) is 9.84. The summed E-state index contributed by atoms with van der Waals surface area (Å²) < 4.78 is 28.1. The van der Waals surface area contributed by atoms with Gasteiger partial charge in [0.05, 0.1) is 10.6 Å². The molecular weight excluding hydrogens is 420 g/mol. The number of anilines is 1. The molecule has 0 unspecified atom stereocenters. The van der Waals surface area contributed by atoms with Crippen molar-refractivity contribution in [2.24, 2.45) is 5.92 Å². The molecule has 3 rings (SSSR count). The molecule has 5 nitrogen and oxygen atoms in total. The van der Waals surface area contributed by atoms with Gasteiger partial charge in [-0.3, -0.25) is 9.10 Å². The van der Waals surface area contributed by atoms with Crippen LogP contribution in [0.1, 0.15) is 43.2 Å². The van der Waals surface area contributed by atoms with E-state index in [-0.39, 0.29) is 17.3 Å². The Morgan fingerprint density at radius 2 is 1.73 bits per heavy atom. The Morgan fingerprint density at radius 1 is 1.07 bits per heavy atom. The molecule has 0 heterocycles. The van der Waals surface area contributed by atoms with Gasteiger partial charge in [0, 0.05) is 11.6 Å².